The van der Waals surface area contributed by atoms with Crippen molar-refractivity contribution < 1.29 is 13.6 Å². The molecular weight excluding hydrogens is 274 g/mol. The van der Waals surface area contributed by atoms with Gasteiger partial charge in [-0.05, 0) is 41.1 Å². The average Bonchev–Trinajstić information content (AvgIpc) is 2.84. The predicted octanol–water partition coefficient (Wildman–Crippen LogP) is 2.87. The van der Waals surface area contributed by atoms with Crippen LogP contribution in [0.2, 0.25) is 0 Å². The number of carbonyl (C=O) groups excluding carboxylic acids is 1. The van der Waals surface area contributed by atoms with Gasteiger partial charge < -0.3 is 14.2 Å². The lowest BCUT2D eigenvalue weighted by Gasteiger charge is -2.00. The molecule has 1 amide bonds. The fourth-order valence-corrected chi connectivity index (χ4v) is 1.72. The molecule has 0 saturated carbocycles. The molecule has 2 aromatic heterocycles. The van der Waals surface area contributed by atoms with E-state index in [1.807, 2.05) is 19.1 Å². The van der Waals surface area contributed by atoms with E-state index in [1.54, 1.807) is 6.07 Å². The average molecular weight is 284 g/mol. The Balaban J connectivity index is 1.96. The normalized spacial score (nSPS) is 10.4. The van der Waals surface area contributed by atoms with Crippen molar-refractivity contribution >= 4 is 21.8 Å². The van der Waals surface area contributed by atoms with Crippen LogP contribution in [-0.2, 0) is 6.54 Å². The Labute approximate surface area is 101 Å². The summed E-state index contributed by atoms with van der Waals surface area (Å²) in [6.45, 7) is 2.22. The Bertz CT molecular complexity index is 501. The number of hydrogen-bond donors (Lipinski definition) is 1. The van der Waals surface area contributed by atoms with Crippen molar-refractivity contribution in [1.29, 1.82) is 0 Å². The molecule has 2 aromatic rings. The summed E-state index contributed by atoms with van der Waals surface area (Å²) in [5, 5.41) is 2.73. The lowest BCUT2D eigenvalue weighted by molar-refractivity contribution is 0.0946. The van der Waals surface area contributed by atoms with Crippen molar-refractivity contribution in [3.63, 3.8) is 0 Å². The van der Waals surface area contributed by atoms with Crippen LogP contribution in [0, 0.1) is 6.92 Å². The first-order valence-corrected chi connectivity index (χ1v) is 5.52. The molecule has 0 fully saturated rings. The quantitative estimate of drug-likeness (QED) is 0.942. The maximum Gasteiger partial charge on any atom is 0.256 e. The van der Waals surface area contributed by atoms with Crippen LogP contribution in [0.15, 0.2) is 38.0 Å². The molecule has 0 atom stereocenters. The van der Waals surface area contributed by atoms with Crippen LogP contribution in [0.4, 0.5) is 0 Å². The highest BCUT2D eigenvalue weighted by Gasteiger charge is 2.12. The van der Waals surface area contributed by atoms with E-state index in [-0.39, 0.29) is 5.91 Å². The van der Waals surface area contributed by atoms with Crippen molar-refractivity contribution in [2.75, 3.05) is 0 Å². The zero-order chi connectivity index (χ0) is 11.5. The Morgan fingerprint density at radius 2 is 2.25 bits per heavy atom. The Hall–Kier alpha value is -1.49. The Morgan fingerprint density at radius 1 is 1.44 bits per heavy atom. The molecule has 1 N–H and O–H groups in total. The lowest BCUT2D eigenvalue weighted by Crippen LogP contribution is -2.22. The number of halogens is 1. The summed E-state index contributed by atoms with van der Waals surface area (Å²) >= 11 is 3.15. The first kappa shape index (κ1) is 11.0. The molecule has 0 radical (unpaired) electrons. The number of nitrogens with one attached hydrogen (secondary N) is 1. The summed E-state index contributed by atoms with van der Waals surface area (Å²) in [4.78, 5) is 11.7. The van der Waals surface area contributed by atoms with E-state index in [9.17, 15) is 4.79 Å². The van der Waals surface area contributed by atoms with Crippen LogP contribution in [0.1, 0.15) is 21.9 Å². The molecule has 2 heterocycles. The van der Waals surface area contributed by atoms with E-state index in [0.717, 1.165) is 11.5 Å². The highest BCUT2D eigenvalue weighted by molar-refractivity contribution is 9.10. The Morgan fingerprint density at radius 3 is 2.81 bits per heavy atom. The largest absolute Gasteiger partial charge is 0.465 e. The molecule has 0 aliphatic rings. The van der Waals surface area contributed by atoms with Crippen LogP contribution in [0.3, 0.4) is 0 Å². The molecule has 16 heavy (non-hydrogen) atoms. The second kappa shape index (κ2) is 4.57. The van der Waals surface area contributed by atoms with Crippen LogP contribution in [0.5, 0.6) is 0 Å². The van der Waals surface area contributed by atoms with Gasteiger partial charge in [-0.1, -0.05) is 0 Å². The lowest BCUT2D eigenvalue weighted by atomic mass is 10.3. The van der Waals surface area contributed by atoms with E-state index in [0.29, 0.717) is 16.8 Å². The molecule has 0 aliphatic heterocycles. The van der Waals surface area contributed by atoms with Crippen LogP contribution >= 0.6 is 15.9 Å². The maximum absolute atomic E-state index is 11.7. The van der Waals surface area contributed by atoms with Gasteiger partial charge in [-0.2, -0.15) is 0 Å². The minimum atomic E-state index is -0.199. The molecule has 84 valence electrons. The predicted molar refractivity (Wildman–Crippen MR) is 61.0 cm³/mol. The summed E-state index contributed by atoms with van der Waals surface area (Å²) in [5.74, 6) is 1.36. The fraction of sp³-hybridized carbons (Fsp3) is 0.182. The first-order valence-electron chi connectivity index (χ1n) is 4.73. The van der Waals surface area contributed by atoms with Crippen molar-refractivity contribution in [2.45, 2.75) is 13.5 Å². The number of amides is 1. The van der Waals surface area contributed by atoms with E-state index >= 15 is 0 Å². The third-order valence-corrected chi connectivity index (χ3v) is 2.70. The zero-order valence-corrected chi connectivity index (χ0v) is 10.2. The fourth-order valence-electron chi connectivity index (χ4n) is 1.30. The first-order chi connectivity index (χ1) is 7.66. The number of hydrogen-bond acceptors (Lipinski definition) is 3. The van der Waals surface area contributed by atoms with Gasteiger partial charge in [0.05, 0.1) is 18.4 Å². The van der Waals surface area contributed by atoms with Crippen molar-refractivity contribution in [2.24, 2.45) is 0 Å². The van der Waals surface area contributed by atoms with Gasteiger partial charge >= 0.3 is 0 Å². The SMILES string of the molecule is Cc1ccc(CNC(=O)c2ccoc2Br)o1. The number of rotatable bonds is 3. The molecule has 5 heteroatoms. The topological polar surface area (TPSA) is 55.4 Å². The Kier molecular flexibility index (Phi) is 3.14. The molecule has 4 nitrogen and oxygen atoms in total. The highest BCUT2D eigenvalue weighted by atomic mass is 79.9. The molecule has 0 bridgehead atoms. The van der Waals surface area contributed by atoms with Gasteiger partial charge in [-0.3, -0.25) is 4.79 Å². The van der Waals surface area contributed by atoms with E-state index in [2.05, 4.69) is 21.2 Å². The molecule has 0 spiro atoms. The van der Waals surface area contributed by atoms with E-state index < -0.39 is 0 Å². The van der Waals surface area contributed by atoms with Crippen LogP contribution < -0.4 is 5.32 Å². The summed E-state index contributed by atoms with van der Waals surface area (Å²) in [5.41, 5.74) is 0.475. The highest BCUT2D eigenvalue weighted by Crippen LogP contribution is 2.17. The van der Waals surface area contributed by atoms with Crippen molar-refractivity contribution in [3.8, 4) is 0 Å². The van der Waals surface area contributed by atoms with Gasteiger partial charge in [-0.25, -0.2) is 0 Å². The molecule has 0 unspecified atom stereocenters. The molecule has 2 rings (SSSR count). The number of aryl methyl sites for hydroxylation is 1. The summed E-state index contributed by atoms with van der Waals surface area (Å²) < 4.78 is 10.7. The van der Waals surface area contributed by atoms with Crippen molar-refractivity contribution in [1.82, 2.24) is 5.32 Å². The van der Waals surface area contributed by atoms with Gasteiger partial charge in [-0.15, -0.1) is 0 Å². The maximum atomic E-state index is 11.7. The second-order valence-electron chi connectivity index (χ2n) is 3.30. The van der Waals surface area contributed by atoms with E-state index in [1.165, 1.54) is 6.26 Å². The van der Waals surface area contributed by atoms with Gasteiger partial charge in [0.2, 0.25) is 0 Å². The number of furan rings is 2. The number of carbonyl (C=O) groups is 1. The third kappa shape index (κ3) is 2.36. The summed E-state index contributed by atoms with van der Waals surface area (Å²) in [6.07, 6.45) is 1.45. The smallest absolute Gasteiger partial charge is 0.256 e. The van der Waals surface area contributed by atoms with Gasteiger partial charge in [0.1, 0.15) is 11.5 Å². The minimum absolute atomic E-state index is 0.199. The van der Waals surface area contributed by atoms with Crippen molar-refractivity contribution in [3.05, 3.63) is 46.2 Å². The standard InChI is InChI=1S/C11H10BrNO3/c1-7-2-3-8(16-7)6-13-11(14)9-4-5-15-10(9)12/h2-5H,6H2,1H3,(H,13,14). The molecular formula is C11H10BrNO3. The van der Waals surface area contributed by atoms with Gasteiger partial charge in [0, 0.05) is 0 Å². The second-order valence-corrected chi connectivity index (χ2v) is 4.02. The van der Waals surface area contributed by atoms with Gasteiger partial charge in [0.15, 0.2) is 4.67 Å². The van der Waals surface area contributed by atoms with Crippen LogP contribution in [0.25, 0.3) is 0 Å². The molecule has 0 saturated heterocycles. The van der Waals surface area contributed by atoms with Gasteiger partial charge in [0.25, 0.3) is 5.91 Å². The van der Waals surface area contributed by atoms with Crippen LogP contribution in [-0.4, -0.2) is 5.91 Å². The molecule has 0 aliphatic carbocycles. The minimum Gasteiger partial charge on any atom is -0.465 e. The zero-order valence-electron chi connectivity index (χ0n) is 8.62. The van der Waals surface area contributed by atoms with E-state index in [4.69, 9.17) is 8.83 Å². The third-order valence-electron chi connectivity index (χ3n) is 2.08. The monoisotopic (exact) mass is 283 g/mol. The molecule has 0 aromatic carbocycles. The summed E-state index contributed by atoms with van der Waals surface area (Å²) in [7, 11) is 0. The summed E-state index contributed by atoms with van der Waals surface area (Å²) in [6, 6.07) is 5.29.